The van der Waals surface area contributed by atoms with E-state index in [1.807, 2.05) is 0 Å². The van der Waals surface area contributed by atoms with Crippen molar-refractivity contribution in [3.8, 4) is 0 Å². The molecule has 2 rings (SSSR count). The SMILES string of the molecule is COC(=O)OC1C(C)=C(C)C(O)N1c1nncn1C. The zero-order chi connectivity index (χ0) is 14.2. The van der Waals surface area contributed by atoms with Crippen LogP contribution >= 0.6 is 0 Å². The fourth-order valence-corrected chi connectivity index (χ4v) is 1.95. The van der Waals surface area contributed by atoms with Crippen molar-refractivity contribution >= 4 is 12.1 Å². The first-order valence-electron chi connectivity index (χ1n) is 5.69. The third-order valence-corrected chi connectivity index (χ3v) is 3.19. The molecule has 0 spiro atoms. The number of methoxy groups -OCH3 is 1. The van der Waals surface area contributed by atoms with Crippen LogP contribution in [0.25, 0.3) is 0 Å². The topological polar surface area (TPSA) is 89.7 Å². The van der Waals surface area contributed by atoms with Gasteiger partial charge in [-0.15, -0.1) is 10.2 Å². The summed E-state index contributed by atoms with van der Waals surface area (Å²) in [4.78, 5) is 12.8. The number of ether oxygens (including phenoxy) is 2. The van der Waals surface area contributed by atoms with E-state index in [-0.39, 0.29) is 0 Å². The molecule has 1 aromatic rings. The monoisotopic (exact) mass is 268 g/mol. The van der Waals surface area contributed by atoms with Gasteiger partial charge in [0.2, 0.25) is 12.2 Å². The van der Waals surface area contributed by atoms with Crippen molar-refractivity contribution < 1.29 is 19.4 Å². The first-order valence-corrected chi connectivity index (χ1v) is 5.69. The number of aliphatic hydroxyl groups is 1. The summed E-state index contributed by atoms with van der Waals surface area (Å²) in [5, 5.41) is 17.9. The molecular formula is C11H16N4O4. The Labute approximate surface area is 110 Å². The van der Waals surface area contributed by atoms with Gasteiger partial charge < -0.3 is 19.1 Å². The van der Waals surface area contributed by atoms with Crippen molar-refractivity contribution in [1.82, 2.24) is 14.8 Å². The van der Waals surface area contributed by atoms with Crippen LogP contribution in [0.5, 0.6) is 0 Å². The highest BCUT2D eigenvalue weighted by Crippen LogP contribution is 2.32. The third kappa shape index (κ3) is 2.14. The molecule has 1 N–H and O–H groups in total. The molecule has 0 aliphatic carbocycles. The first kappa shape index (κ1) is 13.3. The standard InChI is InChI=1S/C11H16N4O4/c1-6-7(2)9(19-11(17)18-4)15(8(6)16)10-13-12-5-14(10)3/h5,8-9,16H,1-4H3. The summed E-state index contributed by atoms with van der Waals surface area (Å²) in [6, 6.07) is 0. The Kier molecular flexibility index (Phi) is 3.43. The highest BCUT2D eigenvalue weighted by atomic mass is 16.7. The molecule has 0 radical (unpaired) electrons. The van der Waals surface area contributed by atoms with E-state index in [9.17, 15) is 9.90 Å². The minimum atomic E-state index is -0.919. The lowest BCUT2D eigenvalue weighted by atomic mass is 10.2. The second-order valence-electron chi connectivity index (χ2n) is 4.31. The Morgan fingerprint density at radius 3 is 2.63 bits per heavy atom. The highest BCUT2D eigenvalue weighted by Gasteiger charge is 2.40. The van der Waals surface area contributed by atoms with Gasteiger partial charge >= 0.3 is 6.16 Å². The maximum absolute atomic E-state index is 11.3. The molecular weight excluding hydrogens is 252 g/mol. The van der Waals surface area contributed by atoms with Gasteiger partial charge in [0.15, 0.2) is 6.23 Å². The zero-order valence-corrected chi connectivity index (χ0v) is 11.2. The largest absolute Gasteiger partial charge is 0.510 e. The number of nitrogens with zero attached hydrogens (tertiary/aromatic N) is 4. The summed E-state index contributed by atoms with van der Waals surface area (Å²) in [7, 11) is 2.96. The van der Waals surface area contributed by atoms with Crippen molar-refractivity contribution in [2.24, 2.45) is 7.05 Å². The Morgan fingerprint density at radius 2 is 2.11 bits per heavy atom. The minimum Gasteiger partial charge on any atom is -0.438 e. The molecule has 0 saturated carbocycles. The van der Waals surface area contributed by atoms with Gasteiger partial charge in [-0.05, 0) is 25.0 Å². The number of aromatic nitrogens is 3. The van der Waals surface area contributed by atoms with E-state index in [1.165, 1.54) is 18.3 Å². The molecule has 8 nitrogen and oxygen atoms in total. The molecule has 0 amide bonds. The van der Waals surface area contributed by atoms with E-state index in [0.717, 1.165) is 5.57 Å². The van der Waals surface area contributed by atoms with E-state index >= 15 is 0 Å². The molecule has 1 aliphatic heterocycles. The fourth-order valence-electron chi connectivity index (χ4n) is 1.95. The Bertz CT molecular complexity index is 525. The average Bonchev–Trinajstić information content (AvgIpc) is 2.88. The molecule has 2 heterocycles. The van der Waals surface area contributed by atoms with Gasteiger partial charge in [-0.25, -0.2) is 4.79 Å². The molecule has 0 saturated heterocycles. The van der Waals surface area contributed by atoms with Crippen LogP contribution in [-0.4, -0.2) is 45.6 Å². The van der Waals surface area contributed by atoms with E-state index in [2.05, 4.69) is 14.9 Å². The van der Waals surface area contributed by atoms with Gasteiger partial charge in [0.05, 0.1) is 7.11 Å². The van der Waals surface area contributed by atoms with Gasteiger partial charge in [0, 0.05) is 7.05 Å². The van der Waals surface area contributed by atoms with Gasteiger partial charge in [-0.1, -0.05) is 0 Å². The molecule has 0 fully saturated rings. The lowest BCUT2D eigenvalue weighted by Gasteiger charge is -2.28. The molecule has 0 aromatic carbocycles. The normalized spacial score (nSPS) is 22.9. The lowest BCUT2D eigenvalue weighted by Crippen LogP contribution is -2.42. The molecule has 1 aliphatic rings. The van der Waals surface area contributed by atoms with Gasteiger partial charge in [0.1, 0.15) is 6.33 Å². The summed E-state index contributed by atoms with van der Waals surface area (Å²) in [6.45, 7) is 3.55. The third-order valence-electron chi connectivity index (χ3n) is 3.19. The van der Waals surface area contributed by atoms with Crippen LogP contribution in [0.1, 0.15) is 13.8 Å². The second-order valence-corrected chi connectivity index (χ2v) is 4.31. The van der Waals surface area contributed by atoms with E-state index in [4.69, 9.17) is 4.74 Å². The summed E-state index contributed by atoms with van der Waals surface area (Å²) in [6.07, 6.45) is -0.999. The number of aryl methyl sites for hydroxylation is 1. The molecule has 2 atom stereocenters. The van der Waals surface area contributed by atoms with Crippen LogP contribution in [0.4, 0.5) is 10.7 Å². The minimum absolute atomic E-state index is 0.401. The van der Waals surface area contributed by atoms with Crippen molar-refractivity contribution in [3.63, 3.8) is 0 Å². The van der Waals surface area contributed by atoms with Crippen LogP contribution in [0.3, 0.4) is 0 Å². The van der Waals surface area contributed by atoms with Crippen LogP contribution in [0.15, 0.2) is 17.5 Å². The van der Waals surface area contributed by atoms with Crippen LogP contribution in [0, 0.1) is 0 Å². The Morgan fingerprint density at radius 1 is 1.42 bits per heavy atom. The number of hydrogen-bond acceptors (Lipinski definition) is 7. The van der Waals surface area contributed by atoms with Crippen molar-refractivity contribution in [2.75, 3.05) is 12.0 Å². The summed E-state index contributed by atoms with van der Waals surface area (Å²) < 4.78 is 11.3. The number of carbonyl (C=O) groups is 1. The number of carbonyl (C=O) groups excluding carboxylic acids is 1. The number of aliphatic hydroxyl groups excluding tert-OH is 1. The maximum Gasteiger partial charge on any atom is 0.510 e. The molecule has 0 bridgehead atoms. The van der Waals surface area contributed by atoms with E-state index in [0.29, 0.717) is 11.5 Å². The fraction of sp³-hybridized carbons (Fsp3) is 0.545. The quantitative estimate of drug-likeness (QED) is 0.613. The predicted molar refractivity (Wildman–Crippen MR) is 65.1 cm³/mol. The molecule has 2 unspecified atom stereocenters. The smallest absolute Gasteiger partial charge is 0.438 e. The van der Waals surface area contributed by atoms with Gasteiger partial charge in [-0.3, -0.25) is 4.90 Å². The van der Waals surface area contributed by atoms with E-state index in [1.54, 1.807) is 25.5 Å². The lowest BCUT2D eigenvalue weighted by molar-refractivity contribution is 0.0409. The molecule has 19 heavy (non-hydrogen) atoms. The Hall–Kier alpha value is -2.09. The number of anilines is 1. The Balaban J connectivity index is 2.36. The number of hydrogen-bond donors (Lipinski definition) is 1. The number of rotatable bonds is 2. The zero-order valence-electron chi connectivity index (χ0n) is 11.2. The van der Waals surface area contributed by atoms with Gasteiger partial charge in [-0.2, -0.15) is 0 Å². The van der Waals surface area contributed by atoms with Crippen LogP contribution in [0.2, 0.25) is 0 Å². The summed E-state index contributed by atoms with van der Waals surface area (Å²) in [5.41, 5.74) is 1.44. The first-order chi connectivity index (χ1) is 8.97. The van der Waals surface area contributed by atoms with Crippen LogP contribution in [-0.2, 0) is 16.5 Å². The molecule has 104 valence electrons. The summed E-state index contributed by atoms with van der Waals surface area (Å²) >= 11 is 0. The molecule has 1 aromatic heterocycles. The highest BCUT2D eigenvalue weighted by molar-refractivity contribution is 5.62. The van der Waals surface area contributed by atoms with Crippen LogP contribution < -0.4 is 4.90 Å². The van der Waals surface area contributed by atoms with Gasteiger partial charge in [0.25, 0.3) is 0 Å². The second kappa shape index (κ2) is 4.88. The van der Waals surface area contributed by atoms with Crippen molar-refractivity contribution in [1.29, 1.82) is 0 Å². The average molecular weight is 268 g/mol. The van der Waals surface area contributed by atoms with Crippen molar-refractivity contribution in [2.45, 2.75) is 26.3 Å². The maximum atomic E-state index is 11.3. The summed E-state index contributed by atoms with van der Waals surface area (Å²) in [5.74, 6) is 0.401. The molecule has 8 heteroatoms. The van der Waals surface area contributed by atoms with E-state index < -0.39 is 18.6 Å². The predicted octanol–water partition coefficient (Wildman–Crippen LogP) is 0.399. The van der Waals surface area contributed by atoms with Crippen molar-refractivity contribution in [3.05, 3.63) is 17.5 Å².